The van der Waals surface area contributed by atoms with E-state index in [0.717, 1.165) is 19.5 Å². The predicted molar refractivity (Wildman–Crippen MR) is 62.5 cm³/mol. The van der Waals surface area contributed by atoms with Gasteiger partial charge in [0.1, 0.15) is 5.88 Å². The van der Waals surface area contributed by atoms with Gasteiger partial charge in [0, 0.05) is 20.1 Å². The van der Waals surface area contributed by atoms with Crippen molar-refractivity contribution in [2.45, 2.75) is 6.42 Å². The van der Waals surface area contributed by atoms with E-state index < -0.39 is 5.91 Å². The summed E-state index contributed by atoms with van der Waals surface area (Å²) < 4.78 is 0. The molecule has 0 spiro atoms. The number of amides is 3. The van der Waals surface area contributed by atoms with E-state index in [1.807, 2.05) is 0 Å². The molecule has 1 N–H and O–H groups in total. The van der Waals surface area contributed by atoms with Crippen LogP contribution in [0.4, 0.5) is 4.79 Å². The van der Waals surface area contributed by atoms with Gasteiger partial charge in [-0.3, -0.25) is 10.1 Å². The summed E-state index contributed by atoms with van der Waals surface area (Å²) in [6.07, 6.45) is 1.09. The van der Waals surface area contributed by atoms with Gasteiger partial charge in [0.05, 0.1) is 0 Å². The van der Waals surface area contributed by atoms with Gasteiger partial charge < -0.3 is 9.80 Å². The van der Waals surface area contributed by atoms with Gasteiger partial charge in [-0.2, -0.15) is 0 Å². The maximum absolute atomic E-state index is 11.5. The van der Waals surface area contributed by atoms with E-state index in [0.29, 0.717) is 12.5 Å². The number of hydrogen-bond donors (Lipinski definition) is 1. The van der Waals surface area contributed by atoms with Crippen LogP contribution in [0.3, 0.4) is 0 Å². The largest absolute Gasteiger partial charge is 0.327 e. The van der Waals surface area contributed by atoms with E-state index in [4.69, 9.17) is 11.6 Å². The molecule has 1 fully saturated rings. The number of rotatable bonds is 3. The molecule has 0 aliphatic carbocycles. The zero-order chi connectivity index (χ0) is 12.1. The van der Waals surface area contributed by atoms with Gasteiger partial charge in [0.15, 0.2) is 0 Å². The van der Waals surface area contributed by atoms with E-state index >= 15 is 0 Å². The third kappa shape index (κ3) is 3.98. The monoisotopic (exact) mass is 247 g/mol. The summed E-state index contributed by atoms with van der Waals surface area (Å²) >= 11 is 5.30. The van der Waals surface area contributed by atoms with Crippen LogP contribution in [0.15, 0.2) is 0 Å². The topological polar surface area (TPSA) is 52.6 Å². The minimum atomic E-state index is -0.456. The van der Waals surface area contributed by atoms with E-state index in [-0.39, 0.29) is 11.9 Å². The lowest BCUT2D eigenvalue weighted by atomic mass is 10.1. The summed E-state index contributed by atoms with van der Waals surface area (Å²) in [4.78, 5) is 26.2. The Morgan fingerprint density at radius 3 is 2.75 bits per heavy atom. The van der Waals surface area contributed by atoms with Crippen molar-refractivity contribution >= 4 is 23.5 Å². The number of nitrogens with zero attached hydrogens (tertiary/aromatic N) is 2. The highest BCUT2D eigenvalue weighted by molar-refractivity contribution is 6.28. The van der Waals surface area contributed by atoms with Crippen LogP contribution in [0.25, 0.3) is 0 Å². The molecule has 16 heavy (non-hydrogen) atoms. The van der Waals surface area contributed by atoms with Crippen LogP contribution in [0.1, 0.15) is 6.42 Å². The van der Waals surface area contributed by atoms with Crippen LogP contribution in [-0.4, -0.2) is 61.3 Å². The van der Waals surface area contributed by atoms with Gasteiger partial charge in [-0.15, -0.1) is 11.6 Å². The SMILES string of the molecule is CN1CCC(CN(C)C(=O)NC(=O)CCl)C1. The molecule has 0 aromatic rings. The standard InChI is InChI=1S/C10H18ClN3O2/c1-13-4-3-8(6-13)7-14(2)10(16)12-9(15)5-11/h8H,3-7H2,1-2H3,(H,12,15,16). The Balaban J connectivity index is 2.31. The first-order chi connectivity index (χ1) is 7.52. The molecular weight excluding hydrogens is 230 g/mol. The highest BCUT2D eigenvalue weighted by Crippen LogP contribution is 2.14. The third-order valence-electron chi connectivity index (χ3n) is 2.74. The summed E-state index contributed by atoms with van der Waals surface area (Å²) in [5, 5.41) is 2.22. The zero-order valence-electron chi connectivity index (χ0n) is 9.70. The first kappa shape index (κ1) is 13.3. The van der Waals surface area contributed by atoms with Crippen LogP contribution in [0.2, 0.25) is 0 Å². The Kier molecular flexibility index (Phi) is 5.02. The van der Waals surface area contributed by atoms with Gasteiger partial charge in [0.25, 0.3) is 0 Å². The maximum atomic E-state index is 11.5. The average molecular weight is 248 g/mol. The molecule has 6 heteroatoms. The van der Waals surface area contributed by atoms with Crippen LogP contribution in [0, 0.1) is 5.92 Å². The molecule has 0 radical (unpaired) electrons. The van der Waals surface area contributed by atoms with Crippen molar-refractivity contribution in [3.8, 4) is 0 Å². The molecule has 0 aromatic carbocycles. The summed E-state index contributed by atoms with van der Waals surface area (Å²) in [6.45, 7) is 2.74. The first-order valence-electron chi connectivity index (χ1n) is 5.32. The lowest BCUT2D eigenvalue weighted by molar-refractivity contribution is -0.117. The summed E-state index contributed by atoms with van der Waals surface area (Å²) in [5.41, 5.74) is 0. The van der Waals surface area contributed by atoms with E-state index in [1.54, 1.807) is 7.05 Å². The predicted octanol–water partition coefficient (Wildman–Crippen LogP) is 0.345. The Bertz CT molecular complexity index is 273. The van der Waals surface area contributed by atoms with Crippen molar-refractivity contribution in [2.24, 2.45) is 5.92 Å². The molecule has 0 bridgehead atoms. The lowest BCUT2D eigenvalue weighted by Gasteiger charge is -2.20. The second kappa shape index (κ2) is 6.06. The number of halogens is 1. The molecule has 3 amide bonds. The molecule has 0 saturated carbocycles. The highest BCUT2D eigenvalue weighted by atomic mass is 35.5. The number of carbonyl (C=O) groups is 2. The molecule has 1 saturated heterocycles. The number of hydrogen-bond acceptors (Lipinski definition) is 3. The van der Waals surface area contributed by atoms with Crippen molar-refractivity contribution in [1.29, 1.82) is 0 Å². The minimum Gasteiger partial charge on any atom is -0.327 e. The molecule has 1 aliphatic rings. The lowest BCUT2D eigenvalue weighted by Crippen LogP contribution is -2.43. The minimum absolute atomic E-state index is 0.189. The molecule has 0 aromatic heterocycles. The molecule has 1 aliphatic heterocycles. The first-order valence-corrected chi connectivity index (χ1v) is 5.86. The van der Waals surface area contributed by atoms with Gasteiger partial charge >= 0.3 is 6.03 Å². The number of carbonyl (C=O) groups excluding carboxylic acids is 2. The van der Waals surface area contributed by atoms with Crippen molar-refractivity contribution in [2.75, 3.05) is 39.6 Å². The smallest absolute Gasteiger partial charge is 0.323 e. The van der Waals surface area contributed by atoms with Gasteiger partial charge in [-0.25, -0.2) is 4.79 Å². The molecule has 1 heterocycles. The molecular formula is C10H18ClN3O2. The van der Waals surface area contributed by atoms with Crippen molar-refractivity contribution in [3.63, 3.8) is 0 Å². The van der Waals surface area contributed by atoms with Gasteiger partial charge in [0.2, 0.25) is 5.91 Å². The van der Waals surface area contributed by atoms with E-state index in [1.165, 1.54) is 4.90 Å². The molecule has 1 atom stereocenters. The Morgan fingerprint density at radius 2 is 2.25 bits per heavy atom. The van der Waals surface area contributed by atoms with Gasteiger partial charge in [-0.1, -0.05) is 0 Å². The Labute approximate surface area is 101 Å². The number of alkyl halides is 1. The fourth-order valence-corrected chi connectivity index (χ4v) is 1.96. The van der Waals surface area contributed by atoms with Crippen molar-refractivity contribution < 1.29 is 9.59 Å². The summed E-state index contributed by atoms with van der Waals surface area (Å²) in [6, 6.07) is -0.375. The van der Waals surface area contributed by atoms with Crippen molar-refractivity contribution in [1.82, 2.24) is 15.1 Å². The van der Waals surface area contributed by atoms with E-state index in [2.05, 4.69) is 17.3 Å². The third-order valence-corrected chi connectivity index (χ3v) is 2.98. The second-order valence-corrected chi connectivity index (χ2v) is 4.55. The quantitative estimate of drug-likeness (QED) is 0.732. The summed E-state index contributed by atoms with van der Waals surface area (Å²) in [7, 11) is 3.76. The Hall–Kier alpha value is -0.810. The average Bonchev–Trinajstić information content (AvgIpc) is 2.63. The molecule has 92 valence electrons. The fraction of sp³-hybridized carbons (Fsp3) is 0.800. The number of imide groups is 1. The van der Waals surface area contributed by atoms with E-state index in [9.17, 15) is 9.59 Å². The van der Waals surface area contributed by atoms with Crippen LogP contribution >= 0.6 is 11.6 Å². The fourth-order valence-electron chi connectivity index (χ4n) is 1.89. The molecule has 1 unspecified atom stereocenters. The van der Waals surface area contributed by atoms with Crippen LogP contribution in [0.5, 0.6) is 0 Å². The zero-order valence-corrected chi connectivity index (χ0v) is 10.5. The molecule has 1 rings (SSSR count). The van der Waals surface area contributed by atoms with Gasteiger partial charge in [-0.05, 0) is 25.9 Å². The van der Waals surface area contributed by atoms with Crippen LogP contribution < -0.4 is 5.32 Å². The maximum Gasteiger partial charge on any atom is 0.323 e. The number of nitrogens with one attached hydrogen (secondary N) is 1. The summed E-state index contributed by atoms with van der Waals surface area (Å²) in [5.74, 6) is -0.153. The number of likely N-dealkylation sites (tertiary alicyclic amines) is 1. The molecule has 5 nitrogen and oxygen atoms in total. The highest BCUT2D eigenvalue weighted by Gasteiger charge is 2.22. The second-order valence-electron chi connectivity index (χ2n) is 4.28. The normalized spacial score (nSPS) is 20.8. The van der Waals surface area contributed by atoms with Crippen molar-refractivity contribution in [3.05, 3.63) is 0 Å². The van der Waals surface area contributed by atoms with Crippen LogP contribution in [-0.2, 0) is 4.79 Å². The number of urea groups is 1. The Morgan fingerprint density at radius 1 is 1.56 bits per heavy atom.